The van der Waals surface area contributed by atoms with Gasteiger partial charge in [-0.2, -0.15) is 5.26 Å². The van der Waals surface area contributed by atoms with Crippen LogP contribution in [-0.2, 0) is 11.3 Å². The van der Waals surface area contributed by atoms with Crippen LogP contribution in [0, 0.1) is 11.3 Å². The van der Waals surface area contributed by atoms with E-state index in [0.29, 0.717) is 22.8 Å². The van der Waals surface area contributed by atoms with Crippen LogP contribution in [0.3, 0.4) is 0 Å². The van der Waals surface area contributed by atoms with Crippen molar-refractivity contribution in [2.45, 2.75) is 25.3 Å². The summed E-state index contributed by atoms with van der Waals surface area (Å²) in [6.45, 7) is 0.180. The number of rotatable bonds is 5. The molecule has 3 rings (SSSR count). The van der Waals surface area contributed by atoms with Crippen molar-refractivity contribution >= 4 is 11.6 Å². The van der Waals surface area contributed by atoms with Gasteiger partial charge in [0.25, 0.3) is 0 Å². The summed E-state index contributed by atoms with van der Waals surface area (Å²) in [6.07, 6.45) is 7.19. The fraction of sp³-hybridized carbons (Fsp3) is 0.267. The first-order valence-electron chi connectivity index (χ1n) is 7.11. The minimum Gasteiger partial charge on any atom is -0.477 e. The maximum absolute atomic E-state index is 10.7. The molecule has 1 saturated carbocycles. The first kappa shape index (κ1) is 14.9. The number of hydrazine groups is 1. The first-order chi connectivity index (χ1) is 11.0. The molecule has 0 radical (unpaired) electrons. The molecule has 0 spiro atoms. The third kappa shape index (κ3) is 3.09. The van der Waals surface area contributed by atoms with Gasteiger partial charge in [0.2, 0.25) is 0 Å². The highest BCUT2D eigenvalue weighted by molar-refractivity contribution is 5.85. The van der Waals surface area contributed by atoms with Gasteiger partial charge in [-0.05, 0) is 30.4 Å². The number of nitrogens with zero attached hydrogens (tertiary/aromatic N) is 4. The van der Waals surface area contributed by atoms with Gasteiger partial charge in [0, 0.05) is 18.6 Å². The molecule has 1 fully saturated rings. The Kier molecular flexibility index (Phi) is 3.64. The molecular weight excluding hydrogens is 296 g/mol. The van der Waals surface area contributed by atoms with Crippen LogP contribution in [0.2, 0.25) is 0 Å². The molecule has 2 aromatic heterocycles. The number of fused-ring (bicyclic) bond motifs is 1. The molecule has 5 N–H and O–H groups in total. The topological polar surface area (TPSA) is 134 Å². The van der Waals surface area contributed by atoms with Crippen LogP contribution in [0.4, 0.5) is 0 Å². The number of nitrogens with two attached hydrogens (primary N) is 2. The van der Waals surface area contributed by atoms with E-state index in [1.54, 1.807) is 6.20 Å². The molecule has 0 unspecified atom stereocenters. The van der Waals surface area contributed by atoms with E-state index in [1.165, 1.54) is 0 Å². The van der Waals surface area contributed by atoms with Crippen molar-refractivity contribution in [1.82, 2.24) is 14.4 Å². The highest BCUT2D eigenvalue weighted by Crippen LogP contribution is 2.40. The Balaban J connectivity index is 1.89. The second-order valence-electron chi connectivity index (χ2n) is 5.60. The zero-order valence-corrected chi connectivity index (χ0v) is 12.3. The van der Waals surface area contributed by atoms with Crippen molar-refractivity contribution in [3.05, 3.63) is 47.2 Å². The Bertz CT molecular complexity index is 844. The van der Waals surface area contributed by atoms with E-state index in [9.17, 15) is 10.1 Å². The molecule has 2 heterocycles. The van der Waals surface area contributed by atoms with Gasteiger partial charge in [-0.25, -0.2) is 15.6 Å². The third-order valence-electron chi connectivity index (χ3n) is 3.69. The van der Waals surface area contributed by atoms with Gasteiger partial charge in [0.05, 0.1) is 17.8 Å². The lowest BCUT2D eigenvalue weighted by Gasteiger charge is -2.11. The van der Waals surface area contributed by atoms with Crippen LogP contribution < -0.4 is 11.6 Å². The molecule has 8 nitrogen and oxygen atoms in total. The van der Waals surface area contributed by atoms with Crippen molar-refractivity contribution in [3.8, 4) is 6.07 Å². The van der Waals surface area contributed by atoms with Crippen LogP contribution in [0.15, 0.2) is 30.4 Å². The minimum atomic E-state index is -1.24. The Morgan fingerprint density at radius 1 is 1.57 bits per heavy atom. The van der Waals surface area contributed by atoms with E-state index in [0.717, 1.165) is 29.6 Å². The summed E-state index contributed by atoms with van der Waals surface area (Å²) < 4.78 is 1.82. The number of carboxylic acid groups (broad SMARTS) is 1. The number of imidazole rings is 1. The van der Waals surface area contributed by atoms with E-state index in [1.807, 2.05) is 16.7 Å². The summed E-state index contributed by atoms with van der Waals surface area (Å²) in [5.41, 5.74) is 7.80. The maximum atomic E-state index is 10.7. The molecule has 2 aromatic rings. The van der Waals surface area contributed by atoms with Gasteiger partial charge in [-0.3, -0.25) is 0 Å². The van der Waals surface area contributed by atoms with E-state index < -0.39 is 5.97 Å². The van der Waals surface area contributed by atoms with Crippen molar-refractivity contribution in [3.63, 3.8) is 0 Å². The van der Waals surface area contributed by atoms with Gasteiger partial charge in [-0.15, -0.1) is 0 Å². The molecule has 8 heteroatoms. The van der Waals surface area contributed by atoms with Gasteiger partial charge in [0.1, 0.15) is 11.8 Å². The number of aromatic nitrogens is 2. The molecule has 0 bridgehead atoms. The molecule has 118 valence electrons. The molecule has 0 aliphatic heterocycles. The Labute approximate surface area is 132 Å². The summed E-state index contributed by atoms with van der Waals surface area (Å²) in [5, 5.41) is 19.2. The Morgan fingerprint density at radius 3 is 2.91 bits per heavy atom. The summed E-state index contributed by atoms with van der Waals surface area (Å²) in [6, 6.07) is 4.05. The van der Waals surface area contributed by atoms with Gasteiger partial charge < -0.3 is 20.2 Å². The van der Waals surface area contributed by atoms with Crippen molar-refractivity contribution in [2.75, 3.05) is 0 Å². The van der Waals surface area contributed by atoms with Crippen LogP contribution in [0.5, 0.6) is 0 Å². The average Bonchev–Trinajstić information content (AvgIpc) is 3.26. The SMILES string of the molecule is N#Cc1cc(C2CC2)cn2cc(CN(N)/C=C(\N)C(=O)O)nc12. The lowest BCUT2D eigenvalue weighted by Crippen LogP contribution is -2.27. The van der Waals surface area contributed by atoms with E-state index in [-0.39, 0.29) is 12.2 Å². The Hall–Kier alpha value is -3.05. The Morgan fingerprint density at radius 2 is 2.30 bits per heavy atom. The van der Waals surface area contributed by atoms with E-state index >= 15 is 0 Å². The number of aliphatic carboxylic acids is 1. The zero-order chi connectivity index (χ0) is 16.6. The average molecular weight is 312 g/mol. The predicted molar refractivity (Wildman–Crippen MR) is 81.5 cm³/mol. The monoisotopic (exact) mass is 312 g/mol. The van der Waals surface area contributed by atoms with Crippen molar-refractivity contribution in [2.24, 2.45) is 11.6 Å². The number of nitriles is 1. The quantitative estimate of drug-likeness (QED) is 0.419. The molecule has 0 saturated heterocycles. The summed E-state index contributed by atoms with van der Waals surface area (Å²) in [5.74, 6) is 5.01. The molecule has 1 aliphatic carbocycles. The second-order valence-corrected chi connectivity index (χ2v) is 5.60. The number of carbonyl (C=O) groups is 1. The molecule has 23 heavy (non-hydrogen) atoms. The third-order valence-corrected chi connectivity index (χ3v) is 3.69. The first-order valence-corrected chi connectivity index (χ1v) is 7.11. The molecule has 1 aliphatic rings. The standard InChI is InChI=1S/C15H16N6O2/c16-4-10-3-11(9-1-2-9)5-20-6-12(19-14(10)20)7-21(18)8-13(17)15(22)23/h3,5-6,8-9H,1-2,7,17-18H2,(H,22,23)/b13-8-. The highest BCUT2D eigenvalue weighted by atomic mass is 16.4. The number of carboxylic acids is 1. The number of hydrogen-bond acceptors (Lipinski definition) is 6. The number of pyridine rings is 1. The number of hydrogen-bond donors (Lipinski definition) is 3. The van der Waals surface area contributed by atoms with Crippen LogP contribution in [0.25, 0.3) is 5.65 Å². The van der Waals surface area contributed by atoms with Crippen LogP contribution in [0.1, 0.15) is 35.6 Å². The van der Waals surface area contributed by atoms with Crippen molar-refractivity contribution < 1.29 is 9.90 Å². The van der Waals surface area contributed by atoms with Crippen LogP contribution >= 0.6 is 0 Å². The van der Waals surface area contributed by atoms with E-state index in [4.69, 9.17) is 16.7 Å². The maximum Gasteiger partial charge on any atom is 0.353 e. The second kappa shape index (κ2) is 5.62. The molecule has 0 aromatic carbocycles. The largest absolute Gasteiger partial charge is 0.477 e. The molecule has 0 amide bonds. The summed E-state index contributed by atoms with van der Waals surface area (Å²) >= 11 is 0. The normalized spacial score (nSPS) is 14.7. The minimum absolute atomic E-state index is 0.180. The molecule has 0 atom stereocenters. The smallest absolute Gasteiger partial charge is 0.353 e. The molecular formula is C15H16N6O2. The highest BCUT2D eigenvalue weighted by Gasteiger charge is 2.25. The fourth-order valence-electron chi connectivity index (χ4n) is 2.44. The van der Waals surface area contributed by atoms with Gasteiger partial charge in [-0.1, -0.05) is 0 Å². The van der Waals surface area contributed by atoms with Gasteiger partial charge >= 0.3 is 5.97 Å². The summed E-state index contributed by atoms with van der Waals surface area (Å²) in [7, 11) is 0. The van der Waals surface area contributed by atoms with Crippen molar-refractivity contribution in [1.29, 1.82) is 5.26 Å². The lowest BCUT2D eigenvalue weighted by molar-refractivity contribution is -0.132. The fourth-order valence-corrected chi connectivity index (χ4v) is 2.44. The van der Waals surface area contributed by atoms with Crippen LogP contribution in [-0.4, -0.2) is 25.5 Å². The predicted octanol–water partition coefficient (Wildman–Crippen LogP) is 0.644. The van der Waals surface area contributed by atoms with Gasteiger partial charge in [0.15, 0.2) is 5.65 Å². The zero-order valence-electron chi connectivity index (χ0n) is 12.3. The summed E-state index contributed by atoms with van der Waals surface area (Å²) in [4.78, 5) is 15.1. The van der Waals surface area contributed by atoms with E-state index in [2.05, 4.69) is 11.1 Å². The lowest BCUT2D eigenvalue weighted by atomic mass is 10.1.